The fraction of sp³-hybridized carbons (Fsp3) is 0.333. The van der Waals surface area contributed by atoms with Gasteiger partial charge < -0.3 is 9.84 Å². The first kappa shape index (κ1) is 13.3. The number of rotatable bonds is 5. The van der Waals surface area contributed by atoms with Crippen molar-refractivity contribution < 1.29 is 9.32 Å². The number of nitrogens with zero attached hydrogens (tertiary/aromatic N) is 1. The molecular formula is C15H18N2O2. The van der Waals surface area contributed by atoms with E-state index >= 15 is 0 Å². The highest BCUT2D eigenvalue weighted by Gasteiger charge is 2.16. The highest BCUT2D eigenvalue weighted by Crippen LogP contribution is 2.21. The molecule has 0 aliphatic heterocycles. The summed E-state index contributed by atoms with van der Waals surface area (Å²) in [4.78, 5) is 12.1. The van der Waals surface area contributed by atoms with Gasteiger partial charge in [0.25, 0.3) is 5.91 Å². The first-order chi connectivity index (χ1) is 9.18. The topological polar surface area (TPSA) is 55.1 Å². The molecule has 1 heterocycles. The summed E-state index contributed by atoms with van der Waals surface area (Å²) in [7, 11) is 0. The molecule has 0 aliphatic rings. The minimum absolute atomic E-state index is 0.138. The molecule has 0 aliphatic carbocycles. The molecule has 1 N–H and O–H groups in total. The van der Waals surface area contributed by atoms with Gasteiger partial charge in [-0.25, -0.2) is 0 Å². The molecule has 0 bridgehead atoms. The first-order valence-corrected chi connectivity index (χ1v) is 6.46. The van der Waals surface area contributed by atoms with Crippen LogP contribution in [0.4, 0.5) is 0 Å². The van der Waals surface area contributed by atoms with E-state index in [1.807, 2.05) is 30.3 Å². The van der Waals surface area contributed by atoms with Crippen molar-refractivity contribution in [2.24, 2.45) is 5.92 Å². The fourth-order valence-electron chi connectivity index (χ4n) is 1.77. The molecule has 0 fully saturated rings. The van der Waals surface area contributed by atoms with Gasteiger partial charge in [0.15, 0.2) is 0 Å². The van der Waals surface area contributed by atoms with Gasteiger partial charge in [0.1, 0.15) is 17.5 Å². The lowest BCUT2D eigenvalue weighted by atomic mass is 10.1. The van der Waals surface area contributed by atoms with Crippen LogP contribution >= 0.6 is 0 Å². The van der Waals surface area contributed by atoms with E-state index in [-0.39, 0.29) is 5.91 Å². The van der Waals surface area contributed by atoms with Crippen LogP contribution in [0.1, 0.15) is 30.6 Å². The van der Waals surface area contributed by atoms with Crippen LogP contribution < -0.4 is 5.32 Å². The Morgan fingerprint density at radius 1 is 1.32 bits per heavy atom. The summed E-state index contributed by atoms with van der Waals surface area (Å²) in [5, 5.41) is 6.80. The molecule has 0 unspecified atom stereocenters. The van der Waals surface area contributed by atoms with E-state index in [0.717, 1.165) is 12.0 Å². The zero-order valence-corrected chi connectivity index (χ0v) is 11.2. The van der Waals surface area contributed by atoms with E-state index in [4.69, 9.17) is 4.52 Å². The van der Waals surface area contributed by atoms with Crippen molar-refractivity contribution in [3.8, 4) is 11.3 Å². The van der Waals surface area contributed by atoms with Crippen LogP contribution in [0, 0.1) is 5.92 Å². The van der Waals surface area contributed by atoms with E-state index in [9.17, 15) is 4.79 Å². The van der Waals surface area contributed by atoms with Crippen LogP contribution in [0.5, 0.6) is 0 Å². The molecule has 2 aromatic rings. The second kappa shape index (κ2) is 6.18. The lowest BCUT2D eigenvalue weighted by Crippen LogP contribution is -2.25. The number of amides is 1. The van der Waals surface area contributed by atoms with Crippen LogP contribution in [0.3, 0.4) is 0 Å². The standard InChI is InChI=1S/C15H18N2O2/c1-11(2)8-9-16-15(18)13-10-19-17-14(13)12-6-4-3-5-7-12/h3-7,10-11H,8-9H2,1-2H3,(H,16,18). The first-order valence-electron chi connectivity index (χ1n) is 6.46. The molecule has 19 heavy (non-hydrogen) atoms. The van der Waals surface area contributed by atoms with Crippen LogP contribution in [0.2, 0.25) is 0 Å². The summed E-state index contributed by atoms with van der Waals surface area (Å²) in [6.45, 7) is 4.91. The third kappa shape index (κ3) is 3.44. The molecule has 1 aromatic heterocycles. The SMILES string of the molecule is CC(C)CCNC(=O)c1conc1-c1ccccc1. The Bertz CT molecular complexity index is 532. The monoisotopic (exact) mass is 258 g/mol. The number of benzene rings is 1. The number of hydrogen-bond acceptors (Lipinski definition) is 3. The predicted molar refractivity (Wildman–Crippen MR) is 73.7 cm³/mol. The van der Waals surface area contributed by atoms with Crippen molar-refractivity contribution in [1.82, 2.24) is 10.5 Å². The second-order valence-electron chi connectivity index (χ2n) is 4.88. The third-order valence-electron chi connectivity index (χ3n) is 2.87. The van der Waals surface area contributed by atoms with E-state index in [2.05, 4.69) is 24.3 Å². The van der Waals surface area contributed by atoms with Crippen molar-refractivity contribution in [3.63, 3.8) is 0 Å². The Morgan fingerprint density at radius 3 is 2.74 bits per heavy atom. The lowest BCUT2D eigenvalue weighted by molar-refractivity contribution is 0.0952. The predicted octanol–water partition coefficient (Wildman–Crippen LogP) is 3.12. The second-order valence-corrected chi connectivity index (χ2v) is 4.88. The summed E-state index contributed by atoms with van der Waals surface area (Å²) in [6.07, 6.45) is 2.35. The zero-order valence-electron chi connectivity index (χ0n) is 11.2. The largest absolute Gasteiger partial charge is 0.363 e. The Hall–Kier alpha value is -2.10. The highest BCUT2D eigenvalue weighted by atomic mass is 16.5. The molecule has 1 amide bonds. The van der Waals surface area contributed by atoms with Gasteiger partial charge in [-0.1, -0.05) is 49.3 Å². The summed E-state index contributed by atoms with van der Waals surface area (Å²) in [5.74, 6) is 0.428. The Labute approximate surface area is 112 Å². The van der Waals surface area contributed by atoms with Gasteiger partial charge in [-0.2, -0.15) is 0 Å². The molecule has 1 aromatic carbocycles. The lowest BCUT2D eigenvalue weighted by Gasteiger charge is -2.06. The van der Waals surface area contributed by atoms with Gasteiger partial charge in [0.2, 0.25) is 0 Å². The van der Waals surface area contributed by atoms with Gasteiger partial charge in [0, 0.05) is 12.1 Å². The number of hydrogen-bond donors (Lipinski definition) is 1. The number of aromatic nitrogens is 1. The molecule has 2 rings (SSSR count). The van der Waals surface area contributed by atoms with Crippen molar-refractivity contribution >= 4 is 5.91 Å². The molecule has 4 nitrogen and oxygen atoms in total. The number of carbonyl (C=O) groups excluding carboxylic acids is 1. The van der Waals surface area contributed by atoms with Crippen LogP contribution in [0.15, 0.2) is 41.1 Å². The maximum Gasteiger partial charge on any atom is 0.256 e. The van der Waals surface area contributed by atoms with E-state index in [1.54, 1.807) is 0 Å². The van der Waals surface area contributed by atoms with Gasteiger partial charge in [-0.05, 0) is 12.3 Å². The smallest absolute Gasteiger partial charge is 0.256 e. The highest BCUT2D eigenvalue weighted by molar-refractivity contribution is 5.99. The van der Waals surface area contributed by atoms with Crippen LogP contribution in [0.25, 0.3) is 11.3 Å². The maximum atomic E-state index is 12.1. The quantitative estimate of drug-likeness (QED) is 0.896. The molecule has 0 spiro atoms. The summed E-state index contributed by atoms with van der Waals surface area (Å²) < 4.78 is 4.94. The molecule has 0 saturated carbocycles. The van der Waals surface area contributed by atoms with E-state index in [1.165, 1.54) is 6.26 Å². The van der Waals surface area contributed by atoms with Crippen molar-refractivity contribution in [1.29, 1.82) is 0 Å². The Balaban J connectivity index is 2.09. The van der Waals surface area contributed by atoms with Crippen molar-refractivity contribution in [2.45, 2.75) is 20.3 Å². The van der Waals surface area contributed by atoms with E-state index in [0.29, 0.717) is 23.7 Å². The van der Waals surface area contributed by atoms with Crippen LogP contribution in [-0.2, 0) is 0 Å². The molecule has 100 valence electrons. The van der Waals surface area contributed by atoms with E-state index < -0.39 is 0 Å². The van der Waals surface area contributed by atoms with Gasteiger partial charge >= 0.3 is 0 Å². The molecule has 4 heteroatoms. The Morgan fingerprint density at radius 2 is 2.05 bits per heavy atom. The zero-order chi connectivity index (χ0) is 13.7. The molecule has 0 atom stereocenters. The third-order valence-corrected chi connectivity index (χ3v) is 2.87. The number of carbonyl (C=O) groups is 1. The normalized spacial score (nSPS) is 10.7. The van der Waals surface area contributed by atoms with Crippen molar-refractivity contribution in [2.75, 3.05) is 6.54 Å². The van der Waals surface area contributed by atoms with Crippen LogP contribution in [-0.4, -0.2) is 17.6 Å². The fourth-order valence-corrected chi connectivity index (χ4v) is 1.77. The summed E-state index contributed by atoms with van der Waals surface area (Å²) in [5.41, 5.74) is 1.95. The van der Waals surface area contributed by atoms with Gasteiger partial charge in [-0.3, -0.25) is 4.79 Å². The maximum absolute atomic E-state index is 12.1. The minimum atomic E-state index is -0.138. The average Bonchev–Trinajstić information content (AvgIpc) is 2.88. The average molecular weight is 258 g/mol. The van der Waals surface area contributed by atoms with Crippen molar-refractivity contribution in [3.05, 3.63) is 42.2 Å². The summed E-state index contributed by atoms with van der Waals surface area (Å²) >= 11 is 0. The molecule has 0 saturated heterocycles. The van der Waals surface area contributed by atoms with Gasteiger partial charge in [-0.15, -0.1) is 0 Å². The number of nitrogens with one attached hydrogen (secondary N) is 1. The Kier molecular flexibility index (Phi) is 4.34. The molecular weight excluding hydrogens is 240 g/mol. The molecule has 0 radical (unpaired) electrons. The summed E-state index contributed by atoms with van der Waals surface area (Å²) in [6, 6.07) is 9.55. The van der Waals surface area contributed by atoms with Gasteiger partial charge in [0.05, 0.1) is 0 Å². The minimum Gasteiger partial charge on any atom is -0.363 e.